The Kier molecular flexibility index (Phi) is 10.7. The van der Waals surface area contributed by atoms with Gasteiger partial charge in [0, 0.05) is 5.57 Å². The second-order valence-electron chi connectivity index (χ2n) is 1.91. The number of rotatable bonds is 2. The predicted octanol–water partition coefficient (Wildman–Crippen LogP) is 1.09. The monoisotopic (exact) mass is 159 g/mol. The first kappa shape index (κ1) is 12.8. The van der Waals surface area contributed by atoms with Gasteiger partial charge in [-0.15, -0.1) is 0 Å². The van der Waals surface area contributed by atoms with E-state index in [-0.39, 0.29) is 5.97 Å². The fourth-order valence-electron chi connectivity index (χ4n) is 0.254. The highest BCUT2D eigenvalue weighted by Crippen LogP contribution is 1.89. The number of nitrogens with two attached hydrogens (primary N) is 1. The van der Waals surface area contributed by atoms with Gasteiger partial charge in [0.05, 0.1) is 6.61 Å². The van der Waals surface area contributed by atoms with Crippen molar-refractivity contribution < 1.29 is 9.53 Å². The molecule has 0 aliphatic rings. The van der Waals surface area contributed by atoms with Gasteiger partial charge in [-0.1, -0.05) is 13.5 Å². The quantitative estimate of drug-likeness (QED) is 0.484. The Labute approximate surface area is 68.2 Å². The number of hydrogen-bond donors (Lipinski definition) is 1. The summed E-state index contributed by atoms with van der Waals surface area (Å²) in [5.74, 6) is -0.312. The maximum atomic E-state index is 10.4. The van der Waals surface area contributed by atoms with Gasteiger partial charge < -0.3 is 10.5 Å². The Morgan fingerprint density at radius 3 is 2.00 bits per heavy atom. The van der Waals surface area contributed by atoms with Gasteiger partial charge in [-0.2, -0.15) is 0 Å². The van der Waals surface area contributed by atoms with E-state index < -0.39 is 0 Å². The number of carbonyl (C=O) groups excluding carboxylic acids is 1. The Hall–Kier alpha value is -0.830. The number of hydrogen-bond acceptors (Lipinski definition) is 3. The molecule has 0 spiro atoms. The van der Waals surface area contributed by atoms with Gasteiger partial charge in [0.2, 0.25) is 0 Å². The third-order valence-electron chi connectivity index (χ3n) is 0.624. The van der Waals surface area contributed by atoms with E-state index in [1.807, 2.05) is 6.92 Å². The summed E-state index contributed by atoms with van der Waals surface area (Å²) in [6.45, 7) is 9.86. The largest absolute Gasteiger partial charge is 0.463 e. The van der Waals surface area contributed by atoms with Gasteiger partial charge in [0.25, 0.3) is 0 Å². The van der Waals surface area contributed by atoms with Crippen molar-refractivity contribution in [3.63, 3.8) is 0 Å². The average molecular weight is 159 g/mol. The number of carbonyl (C=O) groups is 1. The van der Waals surface area contributed by atoms with Gasteiger partial charge in [0.15, 0.2) is 0 Å². The molecule has 66 valence electrons. The van der Waals surface area contributed by atoms with Crippen molar-refractivity contribution in [3.05, 3.63) is 12.2 Å². The van der Waals surface area contributed by atoms with E-state index in [1.165, 1.54) is 0 Å². The molecule has 3 nitrogen and oxygen atoms in total. The van der Waals surface area contributed by atoms with Crippen LogP contribution in [0.2, 0.25) is 0 Å². The highest BCUT2D eigenvalue weighted by atomic mass is 16.5. The standard InChI is InChI=1S/C6H10O2.C2H7N/c1-4-8-6(7)5(2)3;1-2-3/h2,4H2,1,3H3;2-3H2,1H3. The van der Waals surface area contributed by atoms with Crippen LogP contribution in [0, 0.1) is 0 Å². The molecule has 0 saturated heterocycles. The Morgan fingerprint density at radius 2 is 1.91 bits per heavy atom. The second kappa shape index (κ2) is 9.17. The SMILES string of the molecule is C=C(C)C(=O)OCC.CCN. The summed E-state index contributed by atoms with van der Waals surface area (Å²) in [7, 11) is 0. The molecule has 0 aromatic rings. The molecular formula is C8H17NO2. The van der Waals surface area contributed by atoms with Crippen LogP contribution in [-0.4, -0.2) is 19.1 Å². The van der Waals surface area contributed by atoms with Crippen LogP contribution < -0.4 is 5.73 Å². The average Bonchev–Trinajstić information content (AvgIpc) is 1.90. The van der Waals surface area contributed by atoms with Crippen LogP contribution in [0.25, 0.3) is 0 Å². The van der Waals surface area contributed by atoms with Gasteiger partial charge in [0.1, 0.15) is 0 Å². The van der Waals surface area contributed by atoms with Crippen LogP contribution in [0.3, 0.4) is 0 Å². The number of esters is 1. The lowest BCUT2D eigenvalue weighted by Gasteiger charge is -1.96. The highest BCUT2D eigenvalue weighted by Gasteiger charge is 1.98. The van der Waals surface area contributed by atoms with Crippen LogP contribution in [0.1, 0.15) is 20.8 Å². The molecule has 0 aromatic carbocycles. The van der Waals surface area contributed by atoms with Crippen molar-refractivity contribution in [2.75, 3.05) is 13.2 Å². The predicted molar refractivity (Wildman–Crippen MR) is 46.2 cm³/mol. The molecular weight excluding hydrogens is 142 g/mol. The maximum Gasteiger partial charge on any atom is 0.333 e. The minimum absolute atomic E-state index is 0.312. The molecule has 0 amide bonds. The van der Waals surface area contributed by atoms with Crippen LogP contribution in [0.15, 0.2) is 12.2 Å². The fraction of sp³-hybridized carbons (Fsp3) is 0.625. The summed E-state index contributed by atoms with van der Waals surface area (Å²) in [6, 6.07) is 0. The Morgan fingerprint density at radius 1 is 1.55 bits per heavy atom. The molecule has 0 fully saturated rings. The Bertz CT molecular complexity index is 121. The van der Waals surface area contributed by atoms with Crippen LogP contribution in [-0.2, 0) is 9.53 Å². The topological polar surface area (TPSA) is 52.3 Å². The first-order chi connectivity index (χ1) is 5.09. The van der Waals surface area contributed by atoms with Gasteiger partial charge >= 0.3 is 5.97 Å². The maximum absolute atomic E-state index is 10.4. The van der Waals surface area contributed by atoms with Crippen molar-refractivity contribution in [1.82, 2.24) is 0 Å². The first-order valence-electron chi connectivity index (χ1n) is 3.62. The molecule has 0 aromatic heterocycles. The van der Waals surface area contributed by atoms with E-state index in [0.717, 1.165) is 6.54 Å². The van der Waals surface area contributed by atoms with E-state index in [1.54, 1.807) is 13.8 Å². The molecule has 2 N–H and O–H groups in total. The van der Waals surface area contributed by atoms with Crippen molar-refractivity contribution in [2.45, 2.75) is 20.8 Å². The zero-order chi connectivity index (χ0) is 9.28. The smallest absolute Gasteiger partial charge is 0.333 e. The lowest BCUT2D eigenvalue weighted by Crippen LogP contribution is -2.03. The molecule has 0 bridgehead atoms. The third-order valence-corrected chi connectivity index (χ3v) is 0.624. The van der Waals surface area contributed by atoms with Crippen molar-refractivity contribution >= 4 is 5.97 Å². The summed E-state index contributed by atoms with van der Waals surface area (Å²) in [5.41, 5.74) is 5.30. The zero-order valence-corrected chi connectivity index (χ0v) is 7.52. The van der Waals surface area contributed by atoms with E-state index in [4.69, 9.17) is 5.73 Å². The van der Waals surface area contributed by atoms with E-state index in [9.17, 15) is 4.79 Å². The van der Waals surface area contributed by atoms with E-state index in [0.29, 0.717) is 12.2 Å². The van der Waals surface area contributed by atoms with Gasteiger partial charge in [-0.05, 0) is 20.4 Å². The van der Waals surface area contributed by atoms with Crippen molar-refractivity contribution in [2.24, 2.45) is 5.73 Å². The van der Waals surface area contributed by atoms with Crippen LogP contribution >= 0.6 is 0 Å². The molecule has 0 heterocycles. The fourth-order valence-corrected chi connectivity index (χ4v) is 0.254. The molecule has 0 rings (SSSR count). The summed E-state index contributed by atoms with van der Waals surface area (Å²) in [5, 5.41) is 0. The summed E-state index contributed by atoms with van der Waals surface area (Å²) < 4.78 is 4.56. The van der Waals surface area contributed by atoms with Crippen LogP contribution in [0.4, 0.5) is 0 Å². The third kappa shape index (κ3) is 12.4. The van der Waals surface area contributed by atoms with Crippen LogP contribution in [0.5, 0.6) is 0 Å². The van der Waals surface area contributed by atoms with Gasteiger partial charge in [-0.3, -0.25) is 0 Å². The lowest BCUT2D eigenvalue weighted by atomic mass is 10.4. The summed E-state index contributed by atoms with van der Waals surface area (Å²) in [4.78, 5) is 10.4. The minimum atomic E-state index is -0.312. The zero-order valence-electron chi connectivity index (χ0n) is 7.52. The highest BCUT2D eigenvalue weighted by molar-refractivity contribution is 5.86. The molecule has 0 radical (unpaired) electrons. The van der Waals surface area contributed by atoms with E-state index >= 15 is 0 Å². The molecule has 0 atom stereocenters. The minimum Gasteiger partial charge on any atom is -0.463 e. The van der Waals surface area contributed by atoms with E-state index in [2.05, 4.69) is 11.3 Å². The van der Waals surface area contributed by atoms with Crippen molar-refractivity contribution in [1.29, 1.82) is 0 Å². The lowest BCUT2D eigenvalue weighted by molar-refractivity contribution is -0.138. The summed E-state index contributed by atoms with van der Waals surface area (Å²) >= 11 is 0. The first-order valence-corrected chi connectivity index (χ1v) is 3.62. The number of ether oxygens (including phenoxy) is 1. The van der Waals surface area contributed by atoms with Gasteiger partial charge in [-0.25, -0.2) is 4.79 Å². The molecule has 11 heavy (non-hydrogen) atoms. The molecule has 3 heteroatoms. The second-order valence-corrected chi connectivity index (χ2v) is 1.91. The molecule has 0 aliphatic carbocycles. The Balaban J connectivity index is 0. The molecule has 0 saturated carbocycles. The normalized spacial score (nSPS) is 7.64. The summed E-state index contributed by atoms with van der Waals surface area (Å²) in [6.07, 6.45) is 0. The van der Waals surface area contributed by atoms with Crippen molar-refractivity contribution in [3.8, 4) is 0 Å². The molecule has 0 aliphatic heterocycles. The molecule has 0 unspecified atom stereocenters.